The van der Waals surface area contributed by atoms with Crippen molar-refractivity contribution < 1.29 is 9.90 Å². The number of benzene rings is 2. The summed E-state index contributed by atoms with van der Waals surface area (Å²) in [6.45, 7) is 10.6. The van der Waals surface area contributed by atoms with Crippen LogP contribution in [0.1, 0.15) is 43.9 Å². The van der Waals surface area contributed by atoms with Crippen molar-refractivity contribution in [1.82, 2.24) is 9.80 Å². The summed E-state index contributed by atoms with van der Waals surface area (Å²) in [6, 6.07) is 16.6. The molecule has 2 aromatic rings. The second-order valence-corrected chi connectivity index (χ2v) is 7.68. The molecular formula is C25H34N4O2. The Labute approximate surface area is 186 Å². The normalized spacial score (nSPS) is 12.0. The molecule has 0 spiro atoms. The molecule has 0 fully saturated rings. The van der Waals surface area contributed by atoms with Gasteiger partial charge >= 0.3 is 0 Å². The first kappa shape index (κ1) is 24.5. The number of anilines is 1. The van der Waals surface area contributed by atoms with Crippen LogP contribution >= 0.6 is 0 Å². The van der Waals surface area contributed by atoms with E-state index in [0.717, 1.165) is 43.7 Å². The highest BCUT2D eigenvalue weighted by molar-refractivity contribution is 5.94. The van der Waals surface area contributed by atoms with Gasteiger partial charge in [0.25, 0.3) is 0 Å². The van der Waals surface area contributed by atoms with Gasteiger partial charge in [-0.05, 0) is 68.4 Å². The molecule has 2 aromatic carbocycles. The van der Waals surface area contributed by atoms with Crippen LogP contribution < -0.4 is 5.32 Å². The number of aliphatic hydroxyl groups is 1. The van der Waals surface area contributed by atoms with E-state index in [1.165, 1.54) is 0 Å². The quantitative estimate of drug-likeness (QED) is 0.546. The standard InChI is InChI=1S/C25H34N4O2/c1-4-28(5-2)14-7-15-29(18-22-12-10-21(17-26)11-13-22)20(3)25(31)27-24-9-6-8-23(16-24)19-30/h6,8-13,16,20,30H,4-5,7,14-15,18-19H2,1-3H3,(H,27,31). The van der Waals surface area contributed by atoms with E-state index in [4.69, 9.17) is 5.26 Å². The lowest BCUT2D eigenvalue weighted by Crippen LogP contribution is -2.43. The van der Waals surface area contributed by atoms with Crippen molar-refractivity contribution in [3.8, 4) is 6.07 Å². The smallest absolute Gasteiger partial charge is 0.241 e. The first-order valence-electron chi connectivity index (χ1n) is 11.0. The number of hydrogen-bond acceptors (Lipinski definition) is 5. The number of nitriles is 1. The monoisotopic (exact) mass is 422 g/mol. The maximum absolute atomic E-state index is 13.0. The van der Waals surface area contributed by atoms with Crippen molar-refractivity contribution in [2.75, 3.05) is 31.5 Å². The van der Waals surface area contributed by atoms with E-state index in [0.29, 0.717) is 17.8 Å². The molecule has 0 radical (unpaired) electrons. The third-order valence-corrected chi connectivity index (χ3v) is 5.59. The fourth-order valence-corrected chi connectivity index (χ4v) is 3.53. The van der Waals surface area contributed by atoms with Crippen LogP contribution in [-0.4, -0.2) is 53.0 Å². The topological polar surface area (TPSA) is 79.6 Å². The third kappa shape index (κ3) is 7.80. The summed E-state index contributed by atoms with van der Waals surface area (Å²) in [5, 5.41) is 21.3. The maximum Gasteiger partial charge on any atom is 0.241 e. The predicted octanol–water partition coefficient (Wildman–Crippen LogP) is 3.61. The minimum atomic E-state index is -0.329. The molecule has 6 heteroatoms. The largest absolute Gasteiger partial charge is 0.392 e. The van der Waals surface area contributed by atoms with Gasteiger partial charge in [-0.2, -0.15) is 5.26 Å². The Kier molecular flexibility index (Phi) is 10.2. The van der Waals surface area contributed by atoms with Gasteiger partial charge in [-0.1, -0.05) is 38.1 Å². The van der Waals surface area contributed by atoms with Gasteiger partial charge in [-0.25, -0.2) is 0 Å². The first-order valence-corrected chi connectivity index (χ1v) is 11.0. The zero-order chi connectivity index (χ0) is 22.6. The molecule has 1 atom stereocenters. The lowest BCUT2D eigenvalue weighted by atomic mass is 10.1. The Balaban J connectivity index is 2.09. The lowest BCUT2D eigenvalue weighted by Gasteiger charge is -2.29. The Morgan fingerprint density at radius 1 is 1.10 bits per heavy atom. The van der Waals surface area contributed by atoms with Gasteiger partial charge < -0.3 is 15.3 Å². The number of nitrogens with one attached hydrogen (secondary N) is 1. The van der Waals surface area contributed by atoms with Crippen LogP contribution in [0.2, 0.25) is 0 Å². The van der Waals surface area contributed by atoms with Gasteiger partial charge in [0.2, 0.25) is 5.91 Å². The third-order valence-electron chi connectivity index (χ3n) is 5.59. The zero-order valence-electron chi connectivity index (χ0n) is 18.8. The number of amides is 1. The highest BCUT2D eigenvalue weighted by atomic mass is 16.3. The summed E-state index contributed by atoms with van der Waals surface area (Å²) < 4.78 is 0. The van der Waals surface area contributed by atoms with E-state index in [1.54, 1.807) is 6.07 Å². The molecule has 31 heavy (non-hydrogen) atoms. The Bertz CT molecular complexity index is 857. The van der Waals surface area contributed by atoms with E-state index < -0.39 is 0 Å². The predicted molar refractivity (Wildman–Crippen MR) is 124 cm³/mol. The average molecular weight is 423 g/mol. The molecule has 0 saturated heterocycles. The van der Waals surface area contributed by atoms with Crippen LogP contribution in [0.25, 0.3) is 0 Å². The number of nitrogens with zero attached hydrogens (tertiary/aromatic N) is 3. The Morgan fingerprint density at radius 2 is 1.81 bits per heavy atom. The molecule has 1 unspecified atom stereocenters. The molecule has 0 heterocycles. The van der Waals surface area contributed by atoms with E-state index in [9.17, 15) is 9.90 Å². The second kappa shape index (κ2) is 12.9. The van der Waals surface area contributed by atoms with Gasteiger partial charge in [-0.15, -0.1) is 0 Å². The van der Waals surface area contributed by atoms with Crippen molar-refractivity contribution in [2.45, 2.75) is 46.4 Å². The van der Waals surface area contributed by atoms with E-state index >= 15 is 0 Å². The molecule has 6 nitrogen and oxygen atoms in total. The van der Waals surface area contributed by atoms with Crippen molar-refractivity contribution >= 4 is 11.6 Å². The van der Waals surface area contributed by atoms with Gasteiger partial charge in [0.1, 0.15) is 0 Å². The van der Waals surface area contributed by atoms with Crippen molar-refractivity contribution in [3.05, 3.63) is 65.2 Å². The summed E-state index contributed by atoms with van der Waals surface area (Å²) >= 11 is 0. The molecule has 166 valence electrons. The van der Waals surface area contributed by atoms with Crippen molar-refractivity contribution in [3.63, 3.8) is 0 Å². The number of carbonyl (C=O) groups excluding carboxylic acids is 1. The Hall–Kier alpha value is -2.72. The molecular weight excluding hydrogens is 388 g/mol. The van der Waals surface area contributed by atoms with Crippen LogP contribution in [-0.2, 0) is 17.9 Å². The molecule has 1 amide bonds. The fraction of sp³-hybridized carbons (Fsp3) is 0.440. The highest BCUT2D eigenvalue weighted by Crippen LogP contribution is 2.15. The second-order valence-electron chi connectivity index (χ2n) is 7.68. The summed E-state index contributed by atoms with van der Waals surface area (Å²) in [5.41, 5.74) is 3.15. The van der Waals surface area contributed by atoms with Crippen LogP contribution in [0, 0.1) is 11.3 Å². The summed E-state index contributed by atoms with van der Waals surface area (Å²) in [5.74, 6) is -0.0772. The summed E-state index contributed by atoms with van der Waals surface area (Å²) in [6.07, 6.45) is 0.968. The van der Waals surface area contributed by atoms with Crippen molar-refractivity contribution in [2.24, 2.45) is 0 Å². The van der Waals surface area contributed by atoms with E-state index in [2.05, 4.69) is 35.0 Å². The highest BCUT2D eigenvalue weighted by Gasteiger charge is 2.22. The summed E-state index contributed by atoms with van der Waals surface area (Å²) in [4.78, 5) is 17.5. The molecule has 0 aromatic heterocycles. The minimum Gasteiger partial charge on any atom is -0.392 e. The lowest BCUT2D eigenvalue weighted by molar-refractivity contribution is -0.121. The molecule has 0 bridgehead atoms. The van der Waals surface area contributed by atoms with Crippen LogP contribution in [0.5, 0.6) is 0 Å². The number of carbonyl (C=O) groups is 1. The minimum absolute atomic E-state index is 0.0601. The van der Waals surface area contributed by atoms with Crippen LogP contribution in [0.4, 0.5) is 5.69 Å². The van der Waals surface area contributed by atoms with Gasteiger partial charge in [0, 0.05) is 18.8 Å². The van der Waals surface area contributed by atoms with Gasteiger partial charge in [0.05, 0.1) is 24.3 Å². The van der Waals surface area contributed by atoms with Gasteiger partial charge in [0.15, 0.2) is 0 Å². The van der Waals surface area contributed by atoms with Crippen LogP contribution in [0.15, 0.2) is 48.5 Å². The number of rotatable bonds is 12. The molecule has 0 aliphatic rings. The molecule has 2 N–H and O–H groups in total. The Morgan fingerprint density at radius 3 is 2.42 bits per heavy atom. The molecule has 0 aliphatic carbocycles. The molecule has 2 rings (SSSR count). The van der Waals surface area contributed by atoms with E-state index in [1.807, 2.05) is 49.4 Å². The SMILES string of the molecule is CCN(CC)CCCN(Cc1ccc(C#N)cc1)C(C)C(=O)Nc1cccc(CO)c1. The molecule has 0 saturated carbocycles. The van der Waals surface area contributed by atoms with Crippen molar-refractivity contribution in [1.29, 1.82) is 5.26 Å². The van der Waals surface area contributed by atoms with Crippen LogP contribution in [0.3, 0.4) is 0 Å². The number of hydrogen-bond donors (Lipinski definition) is 2. The van der Waals surface area contributed by atoms with E-state index in [-0.39, 0.29) is 18.6 Å². The average Bonchev–Trinajstić information content (AvgIpc) is 2.81. The maximum atomic E-state index is 13.0. The first-order chi connectivity index (χ1) is 15.0. The van der Waals surface area contributed by atoms with Gasteiger partial charge in [-0.3, -0.25) is 9.69 Å². The fourth-order valence-electron chi connectivity index (χ4n) is 3.53. The molecule has 0 aliphatic heterocycles. The number of aliphatic hydroxyl groups excluding tert-OH is 1. The summed E-state index contributed by atoms with van der Waals surface area (Å²) in [7, 11) is 0. The zero-order valence-corrected chi connectivity index (χ0v) is 18.8.